The van der Waals surface area contributed by atoms with E-state index in [1.165, 1.54) is 0 Å². The molecule has 3 aromatic rings. The Labute approximate surface area is 120 Å². The van der Waals surface area contributed by atoms with Crippen molar-refractivity contribution >= 4 is 16.6 Å². The standard InChI is InChI=1S/C16H11N3O2/c1-21-8-9-7-19-14-12-10(9)4-6-18-15(12)16(20)11-3-2-5-17-13(11)14/h2-7H,8H2,1H3. The number of carbonyl (C=O) groups excluding carboxylic acids is 1. The second-order valence-corrected chi connectivity index (χ2v) is 4.88. The lowest BCUT2D eigenvalue weighted by atomic mass is 9.91. The summed E-state index contributed by atoms with van der Waals surface area (Å²) >= 11 is 0. The molecule has 1 aliphatic carbocycles. The Morgan fingerprint density at radius 1 is 1.05 bits per heavy atom. The first kappa shape index (κ1) is 12.1. The van der Waals surface area contributed by atoms with Gasteiger partial charge in [0.1, 0.15) is 11.4 Å². The number of carbonyl (C=O) groups is 1. The van der Waals surface area contributed by atoms with Crippen molar-refractivity contribution in [3.63, 3.8) is 0 Å². The summed E-state index contributed by atoms with van der Waals surface area (Å²) < 4.78 is 5.20. The molecule has 0 fully saturated rings. The van der Waals surface area contributed by atoms with E-state index >= 15 is 0 Å². The lowest BCUT2D eigenvalue weighted by molar-refractivity contribution is 0.103. The minimum absolute atomic E-state index is 0.104. The third-order valence-corrected chi connectivity index (χ3v) is 3.67. The molecular formula is C16H11N3O2. The van der Waals surface area contributed by atoms with Crippen molar-refractivity contribution in [3.8, 4) is 11.4 Å². The van der Waals surface area contributed by atoms with Crippen molar-refractivity contribution in [2.24, 2.45) is 0 Å². The van der Waals surface area contributed by atoms with E-state index in [-0.39, 0.29) is 5.78 Å². The van der Waals surface area contributed by atoms with Crippen LogP contribution in [0.1, 0.15) is 21.6 Å². The number of hydrogen-bond acceptors (Lipinski definition) is 5. The first-order valence-corrected chi connectivity index (χ1v) is 6.57. The molecule has 0 unspecified atom stereocenters. The second kappa shape index (κ2) is 4.43. The second-order valence-electron chi connectivity index (χ2n) is 4.88. The Balaban J connectivity index is 2.15. The smallest absolute Gasteiger partial charge is 0.214 e. The zero-order valence-corrected chi connectivity index (χ0v) is 11.3. The molecule has 3 heterocycles. The highest BCUT2D eigenvalue weighted by Gasteiger charge is 2.28. The van der Waals surface area contributed by atoms with E-state index < -0.39 is 0 Å². The fourth-order valence-corrected chi connectivity index (χ4v) is 2.77. The molecule has 0 aliphatic heterocycles. The zero-order chi connectivity index (χ0) is 14.4. The van der Waals surface area contributed by atoms with Crippen LogP contribution in [0.2, 0.25) is 0 Å². The molecule has 5 nitrogen and oxygen atoms in total. The van der Waals surface area contributed by atoms with E-state index in [4.69, 9.17) is 4.74 Å². The molecular weight excluding hydrogens is 266 g/mol. The van der Waals surface area contributed by atoms with E-state index in [2.05, 4.69) is 15.0 Å². The molecule has 5 heteroatoms. The minimum atomic E-state index is -0.104. The zero-order valence-electron chi connectivity index (χ0n) is 11.3. The lowest BCUT2D eigenvalue weighted by Gasteiger charge is -2.18. The predicted octanol–water partition coefficient (Wildman–Crippen LogP) is 2.38. The van der Waals surface area contributed by atoms with Gasteiger partial charge < -0.3 is 4.74 Å². The van der Waals surface area contributed by atoms with E-state index in [9.17, 15) is 4.79 Å². The van der Waals surface area contributed by atoms with Crippen molar-refractivity contribution in [2.75, 3.05) is 7.11 Å². The van der Waals surface area contributed by atoms with Crippen LogP contribution in [-0.4, -0.2) is 27.8 Å². The van der Waals surface area contributed by atoms with Gasteiger partial charge in [-0.05, 0) is 23.6 Å². The van der Waals surface area contributed by atoms with Crippen molar-refractivity contribution in [1.29, 1.82) is 0 Å². The number of rotatable bonds is 2. The Bertz CT molecular complexity index is 890. The first-order chi connectivity index (χ1) is 10.3. The number of hydrogen-bond donors (Lipinski definition) is 0. The van der Waals surface area contributed by atoms with Gasteiger partial charge in [0.2, 0.25) is 5.78 Å². The maximum atomic E-state index is 12.6. The summed E-state index contributed by atoms with van der Waals surface area (Å²) in [6, 6.07) is 5.40. The van der Waals surface area contributed by atoms with Crippen LogP contribution in [0, 0.1) is 0 Å². The quantitative estimate of drug-likeness (QED) is 0.563. The van der Waals surface area contributed by atoms with Crippen LogP contribution in [0.25, 0.3) is 22.2 Å². The molecule has 4 rings (SSSR count). The Morgan fingerprint density at radius 3 is 2.76 bits per heavy atom. The van der Waals surface area contributed by atoms with Gasteiger partial charge >= 0.3 is 0 Å². The Kier molecular flexibility index (Phi) is 2.55. The largest absolute Gasteiger partial charge is 0.380 e. The van der Waals surface area contributed by atoms with Crippen LogP contribution in [0.3, 0.4) is 0 Å². The summed E-state index contributed by atoms with van der Waals surface area (Å²) in [6.45, 7) is 0.441. The molecule has 0 aromatic carbocycles. The van der Waals surface area contributed by atoms with Crippen LogP contribution in [0.4, 0.5) is 0 Å². The summed E-state index contributed by atoms with van der Waals surface area (Å²) in [5, 5.41) is 1.71. The number of pyridine rings is 3. The fraction of sp³-hybridized carbons (Fsp3) is 0.125. The van der Waals surface area contributed by atoms with E-state index in [1.807, 2.05) is 6.07 Å². The van der Waals surface area contributed by atoms with E-state index in [1.54, 1.807) is 37.8 Å². The summed E-state index contributed by atoms with van der Waals surface area (Å²) in [4.78, 5) is 25.7. The number of methoxy groups -OCH3 is 1. The highest BCUT2D eigenvalue weighted by Crippen LogP contribution is 2.36. The molecule has 0 N–H and O–H groups in total. The molecule has 21 heavy (non-hydrogen) atoms. The van der Waals surface area contributed by atoms with Crippen molar-refractivity contribution in [2.45, 2.75) is 6.61 Å². The van der Waals surface area contributed by atoms with Crippen LogP contribution in [0.5, 0.6) is 0 Å². The normalized spacial score (nSPS) is 12.5. The van der Waals surface area contributed by atoms with Gasteiger partial charge in [-0.3, -0.25) is 19.7 Å². The Morgan fingerprint density at radius 2 is 1.90 bits per heavy atom. The van der Waals surface area contributed by atoms with Gasteiger partial charge in [-0.25, -0.2) is 0 Å². The number of nitrogens with zero attached hydrogens (tertiary/aromatic N) is 3. The van der Waals surface area contributed by atoms with Crippen molar-refractivity contribution < 1.29 is 9.53 Å². The molecule has 0 saturated carbocycles. The predicted molar refractivity (Wildman–Crippen MR) is 76.9 cm³/mol. The molecule has 0 amide bonds. The van der Waals surface area contributed by atoms with Gasteiger partial charge in [0.15, 0.2) is 0 Å². The van der Waals surface area contributed by atoms with Gasteiger partial charge in [0, 0.05) is 36.7 Å². The molecule has 0 radical (unpaired) electrons. The minimum Gasteiger partial charge on any atom is -0.380 e. The van der Waals surface area contributed by atoms with Crippen molar-refractivity contribution in [3.05, 3.63) is 53.6 Å². The first-order valence-electron chi connectivity index (χ1n) is 6.57. The molecule has 0 saturated heterocycles. The lowest BCUT2D eigenvalue weighted by Crippen LogP contribution is -2.14. The van der Waals surface area contributed by atoms with Gasteiger partial charge in [0.25, 0.3) is 0 Å². The molecule has 3 aromatic heterocycles. The summed E-state index contributed by atoms with van der Waals surface area (Å²) in [6.07, 6.45) is 5.10. The summed E-state index contributed by atoms with van der Waals surface area (Å²) in [5.41, 5.74) is 3.26. The SMILES string of the molecule is COCc1cnc2c3c(nccc13)C(=O)c1cccnc1-2. The van der Waals surface area contributed by atoms with Gasteiger partial charge in [-0.15, -0.1) is 0 Å². The summed E-state index contributed by atoms with van der Waals surface area (Å²) in [7, 11) is 1.63. The number of aromatic nitrogens is 3. The van der Waals surface area contributed by atoms with Gasteiger partial charge in [-0.1, -0.05) is 0 Å². The molecule has 0 bridgehead atoms. The number of ether oxygens (including phenoxy) is 1. The van der Waals surface area contributed by atoms with E-state index in [0.717, 1.165) is 16.3 Å². The maximum absolute atomic E-state index is 12.6. The number of ketones is 1. The Hall–Kier alpha value is -2.66. The molecule has 0 spiro atoms. The van der Waals surface area contributed by atoms with Crippen LogP contribution in [-0.2, 0) is 11.3 Å². The molecule has 0 atom stereocenters. The van der Waals surface area contributed by atoms with Crippen LogP contribution in [0.15, 0.2) is 36.8 Å². The number of fused-ring (bicyclic) bond motifs is 2. The van der Waals surface area contributed by atoms with Crippen LogP contribution >= 0.6 is 0 Å². The molecule has 1 aliphatic rings. The average molecular weight is 277 g/mol. The van der Waals surface area contributed by atoms with Gasteiger partial charge in [0.05, 0.1) is 17.9 Å². The average Bonchev–Trinajstić information content (AvgIpc) is 2.54. The topological polar surface area (TPSA) is 65.0 Å². The summed E-state index contributed by atoms with van der Waals surface area (Å²) in [5.74, 6) is -0.104. The third kappa shape index (κ3) is 1.61. The molecule has 102 valence electrons. The maximum Gasteiger partial charge on any atom is 0.214 e. The fourth-order valence-electron chi connectivity index (χ4n) is 2.77. The van der Waals surface area contributed by atoms with E-state index in [0.29, 0.717) is 29.3 Å². The van der Waals surface area contributed by atoms with Crippen LogP contribution < -0.4 is 0 Å². The van der Waals surface area contributed by atoms with Gasteiger partial charge in [-0.2, -0.15) is 0 Å². The monoisotopic (exact) mass is 277 g/mol. The third-order valence-electron chi connectivity index (χ3n) is 3.67. The highest BCUT2D eigenvalue weighted by molar-refractivity contribution is 6.23. The highest BCUT2D eigenvalue weighted by atomic mass is 16.5. The van der Waals surface area contributed by atoms with Crippen molar-refractivity contribution in [1.82, 2.24) is 15.0 Å².